The minimum Gasteiger partial charge on any atom is -0.310 e. The van der Waals surface area contributed by atoms with E-state index in [9.17, 15) is 0 Å². The number of hydrogen-bond acceptors (Lipinski definition) is 2. The van der Waals surface area contributed by atoms with Gasteiger partial charge in [0.15, 0.2) is 0 Å². The third-order valence-electron chi connectivity index (χ3n) is 10.2. The van der Waals surface area contributed by atoms with E-state index < -0.39 is 0 Å². The summed E-state index contributed by atoms with van der Waals surface area (Å²) >= 11 is 1.86. The molecule has 0 N–H and O–H groups in total. The molecule has 0 atom stereocenters. The summed E-state index contributed by atoms with van der Waals surface area (Å²) in [5, 5.41) is 7.63. The molecule has 0 unspecified atom stereocenters. The lowest BCUT2D eigenvalue weighted by Gasteiger charge is -2.29. The van der Waals surface area contributed by atoms with Gasteiger partial charge in [0, 0.05) is 37.1 Å². The van der Waals surface area contributed by atoms with E-state index in [-0.39, 0.29) is 0 Å². The first kappa shape index (κ1) is 30.4. The van der Waals surface area contributed by atoms with Crippen LogP contribution in [-0.4, -0.2) is 0 Å². The molecule has 2 heteroatoms. The first-order valence-electron chi connectivity index (χ1n) is 17.8. The SMILES string of the molecule is c1cc(-c2ccc3ccccc3c2)cc(N(c2ccc(-c3ccc4c(c3)sc3ccccc34)cc2)c2ccccc2-c2cccc3ccccc23)c1. The molecule has 9 aromatic carbocycles. The highest BCUT2D eigenvalue weighted by atomic mass is 32.1. The standard InChI is InChI=1S/C50H33NS/c1-2-13-37-31-39(24-23-34(37)11-1)38-15-9-16-42(32-38)51(48-21-7-5-18-45(48)44-20-10-14-36-12-3-4-17-43(36)44)41-28-25-35(26-29-41)40-27-30-47-46-19-6-8-22-49(46)52-50(47)33-40/h1-33H. The second-order valence-electron chi connectivity index (χ2n) is 13.3. The highest BCUT2D eigenvalue weighted by molar-refractivity contribution is 7.25. The molecule has 0 radical (unpaired) electrons. The average Bonchev–Trinajstić information content (AvgIpc) is 3.59. The van der Waals surface area contributed by atoms with Gasteiger partial charge in [0.1, 0.15) is 0 Å². The zero-order chi connectivity index (χ0) is 34.4. The molecule has 0 spiro atoms. The summed E-state index contributed by atoms with van der Waals surface area (Å²) in [6.45, 7) is 0. The van der Waals surface area contributed by atoms with Crippen LogP contribution in [0.3, 0.4) is 0 Å². The van der Waals surface area contributed by atoms with Crippen molar-refractivity contribution in [3.05, 3.63) is 200 Å². The summed E-state index contributed by atoms with van der Waals surface area (Å²) in [6, 6.07) is 73.0. The number of anilines is 3. The molecular formula is C50H33NS. The minimum absolute atomic E-state index is 1.11. The zero-order valence-corrected chi connectivity index (χ0v) is 29.2. The maximum absolute atomic E-state index is 2.42. The molecule has 0 fully saturated rings. The third-order valence-corrected chi connectivity index (χ3v) is 11.4. The van der Waals surface area contributed by atoms with Crippen LogP contribution in [0.1, 0.15) is 0 Å². The van der Waals surface area contributed by atoms with Gasteiger partial charge >= 0.3 is 0 Å². The highest BCUT2D eigenvalue weighted by Crippen LogP contribution is 2.44. The summed E-state index contributed by atoms with van der Waals surface area (Å²) < 4.78 is 2.65. The van der Waals surface area contributed by atoms with Gasteiger partial charge in [-0.3, -0.25) is 0 Å². The minimum atomic E-state index is 1.11. The Morgan fingerprint density at radius 2 is 0.923 bits per heavy atom. The maximum Gasteiger partial charge on any atom is 0.0540 e. The summed E-state index contributed by atoms with van der Waals surface area (Å²) in [5.74, 6) is 0. The average molecular weight is 680 g/mol. The van der Waals surface area contributed by atoms with Crippen molar-refractivity contribution in [3.8, 4) is 33.4 Å². The van der Waals surface area contributed by atoms with E-state index in [1.54, 1.807) is 0 Å². The number of thiophene rings is 1. The van der Waals surface area contributed by atoms with Crippen LogP contribution in [0.5, 0.6) is 0 Å². The third kappa shape index (κ3) is 5.33. The van der Waals surface area contributed by atoms with Gasteiger partial charge in [0.2, 0.25) is 0 Å². The van der Waals surface area contributed by atoms with Crippen molar-refractivity contribution >= 4 is 70.1 Å². The van der Waals surface area contributed by atoms with Crippen molar-refractivity contribution in [3.63, 3.8) is 0 Å². The van der Waals surface area contributed by atoms with Crippen LogP contribution in [0, 0.1) is 0 Å². The van der Waals surface area contributed by atoms with E-state index in [1.165, 1.54) is 75.1 Å². The maximum atomic E-state index is 2.42. The molecule has 1 nitrogen and oxygen atoms in total. The van der Waals surface area contributed by atoms with Crippen LogP contribution in [0.4, 0.5) is 17.1 Å². The molecule has 244 valence electrons. The van der Waals surface area contributed by atoms with E-state index in [1.807, 2.05) is 11.3 Å². The Morgan fingerprint density at radius 1 is 0.308 bits per heavy atom. The molecular weight excluding hydrogens is 647 g/mol. The Hall–Kier alpha value is -6.48. The fourth-order valence-corrected chi connectivity index (χ4v) is 8.83. The van der Waals surface area contributed by atoms with Crippen LogP contribution in [0.15, 0.2) is 200 Å². The number of para-hydroxylation sites is 1. The lowest BCUT2D eigenvalue weighted by molar-refractivity contribution is 1.28. The van der Waals surface area contributed by atoms with Crippen LogP contribution in [0.2, 0.25) is 0 Å². The molecule has 0 aliphatic carbocycles. The summed E-state index contributed by atoms with van der Waals surface area (Å²) in [6.07, 6.45) is 0. The fraction of sp³-hybridized carbons (Fsp3) is 0. The van der Waals surface area contributed by atoms with Crippen molar-refractivity contribution in [1.29, 1.82) is 0 Å². The molecule has 10 aromatic rings. The van der Waals surface area contributed by atoms with Gasteiger partial charge in [0.25, 0.3) is 0 Å². The molecule has 52 heavy (non-hydrogen) atoms. The fourth-order valence-electron chi connectivity index (χ4n) is 7.69. The van der Waals surface area contributed by atoms with Crippen LogP contribution < -0.4 is 4.90 Å². The number of hydrogen-bond donors (Lipinski definition) is 0. The van der Waals surface area contributed by atoms with Crippen molar-refractivity contribution in [1.82, 2.24) is 0 Å². The first-order valence-corrected chi connectivity index (χ1v) is 18.6. The molecule has 1 heterocycles. The molecule has 0 amide bonds. The van der Waals surface area contributed by atoms with Gasteiger partial charge in [-0.25, -0.2) is 0 Å². The Labute approximate surface area is 307 Å². The van der Waals surface area contributed by atoms with Gasteiger partial charge < -0.3 is 4.90 Å². The summed E-state index contributed by atoms with van der Waals surface area (Å²) in [7, 11) is 0. The predicted molar refractivity (Wildman–Crippen MR) is 225 cm³/mol. The Bertz CT molecular complexity index is 2910. The highest BCUT2D eigenvalue weighted by Gasteiger charge is 2.19. The van der Waals surface area contributed by atoms with E-state index in [2.05, 4.69) is 205 Å². The van der Waals surface area contributed by atoms with E-state index in [0.29, 0.717) is 0 Å². The number of nitrogens with zero attached hydrogens (tertiary/aromatic N) is 1. The van der Waals surface area contributed by atoms with Crippen LogP contribution in [0.25, 0.3) is 75.1 Å². The second kappa shape index (κ2) is 12.7. The quantitative estimate of drug-likeness (QED) is 0.169. The number of fused-ring (bicyclic) bond motifs is 5. The Morgan fingerprint density at radius 3 is 1.83 bits per heavy atom. The summed E-state index contributed by atoms with van der Waals surface area (Å²) in [4.78, 5) is 2.42. The molecule has 0 saturated carbocycles. The Balaban J connectivity index is 1.12. The van der Waals surface area contributed by atoms with E-state index in [4.69, 9.17) is 0 Å². The van der Waals surface area contributed by atoms with Crippen LogP contribution >= 0.6 is 11.3 Å². The zero-order valence-electron chi connectivity index (χ0n) is 28.4. The van der Waals surface area contributed by atoms with Crippen molar-refractivity contribution < 1.29 is 0 Å². The van der Waals surface area contributed by atoms with Crippen molar-refractivity contribution in [2.75, 3.05) is 4.90 Å². The van der Waals surface area contributed by atoms with Crippen molar-refractivity contribution in [2.24, 2.45) is 0 Å². The van der Waals surface area contributed by atoms with Gasteiger partial charge in [-0.05, 0) is 97.9 Å². The van der Waals surface area contributed by atoms with Gasteiger partial charge in [-0.1, -0.05) is 152 Å². The molecule has 0 aliphatic rings. The van der Waals surface area contributed by atoms with Crippen LogP contribution in [-0.2, 0) is 0 Å². The molecule has 0 bridgehead atoms. The topological polar surface area (TPSA) is 3.24 Å². The van der Waals surface area contributed by atoms with Crippen molar-refractivity contribution in [2.45, 2.75) is 0 Å². The lowest BCUT2D eigenvalue weighted by atomic mass is 9.95. The largest absolute Gasteiger partial charge is 0.310 e. The number of benzene rings is 9. The number of rotatable bonds is 6. The van der Waals surface area contributed by atoms with E-state index in [0.717, 1.165) is 17.1 Å². The van der Waals surface area contributed by atoms with Gasteiger partial charge in [-0.15, -0.1) is 11.3 Å². The van der Waals surface area contributed by atoms with Gasteiger partial charge in [-0.2, -0.15) is 0 Å². The second-order valence-corrected chi connectivity index (χ2v) is 14.4. The summed E-state index contributed by atoms with van der Waals surface area (Å²) in [5.41, 5.74) is 10.6. The smallest absolute Gasteiger partial charge is 0.0540 e. The molecule has 10 rings (SSSR count). The molecule has 0 saturated heterocycles. The first-order chi connectivity index (χ1) is 25.8. The predicted octanol–water partition coefficient (Wildman–Crippen LogP) is 14.8. The van der Waals surface area contributed by atoms with Gasteiger partial charge in [0.05, 0.1) is 5.69 Å². The van der Waals surface area contributed by atoms with E-state index >= 15 is 0 Å². The lowest BCUT2D eigenvalue weighted by Crippen LogP contribution is -2.11. The molecule has 0 aliphatic heterocycles. The monoisotopic (exact) mass is 679 g/mol. The normalized spacial score (nSPS) is 11.5. The Kier molecular flexibility index (Phi) is 7.41. The molecule has 1 aromatic heterocycles.